The summed E-state index contributed by atoms with van der Waals surface area (Å²) in [7, 11) is -3.99. The standard InChI is InChI=1S/C19H23N3O4S/c20-27(25,26)17-11-12-18(19(14-17)22(23)24)21-13-5-4-8-16(21)10-9-15-6-2-1-3-7-15/h1-3,6-7,11-12,14,16H,4-5,8-10,13H2,(H2,20,25,26). The summed E-state index contributed by atoms with van der Waals surface area (Å²) in [4.78, 5) is 12.9. The van der Waals surface area contributed by atoms with Crippen LogP contribution in [0.3, 0.4) is 0 Å². The highest BCUT2D eigenvalue weighted by atomic mass is 32.2. The number of anilines is 1. The van der Waals surface area contributed by atoms with E-state index in [4.69, 9.17) is 5.14 Å². The van der Waals surface area contributed by atoms with Gasteiger partial charge in [0, 0.05) is 18.7 Å². The second-order valence-corrected chi connectivity index (χ2v) is 8.38. The molecule has 0 radical (unpaired) electrons. The molecule has 0 saturated carbocycles. The Morgan fingerprint density at radius 1 is 1.15 bits per heavy atom. The lowest BCUT2D eigenvalue weighted by atomic mass is 9.95. The van der Waals surface area contributed by atoms with Gasteiger partial charge in [0.1, 0.15) is 5.69 Å². The number of hydrogen-bond donors (Lipinski definition) is 1. The lowest BCUT2D eigenvalue weighted by Gasteiger charge is -2.37. The van der Waals surface area contributed by atoms with E-state index >= 15 is 0 Å². The number of nitro groups is 1. The van der Waals surface area contributed by atoms with Crippen LogP contribution in [-0.2, 0) is 16.4 Å². The largest absolute Gasteiger partial charge is 0.363 e. The van der Waals surface area contributed by atoms with Gasteiger partial charge >= 0.3 is 0 Å². The number of sulfonamides is 1. The molecule has 144 valence electrons. The minimum absolute atomic E-state index is 0.179. The number of nitro benzene ring substituents is 1. The summed E-state index contributed by atoms with van der Waals surface area (Å²) in [5, 5.41) is 16.7. The smallest absolute Gasteiger partial charge is 0.293 e. The number of primary sulfonamides is 1. The molecule has 0 bridgehead atoms. The Morgan fingerprint density at radius 2 is 1.89 bits per heavy atom. The van der Waals surface area contributed by atoms with Crippen LogP contribution in [0.1, 0.15) is 31.2 Å². The third-order valence-corrected chi connectivity index (χ3v) is 5.93. The quantitative estimate of drug-likeness (QED) is 0.603. The van der Waals surface area contributed by atoms with Crippen LogP contribution < -0.4 is 10.0 Å². The number of benzene rings is 2. The predicted octanol–water partition coefficient (Wildman–Crippen LogP) is 3.23. The van der Waals surface area contributed by atoms with Crippen LogP contribution in [0.2, 0.25) is 0 Å². The van der Waals surface area contributed by atoms with Crippen molar-refractivity contribution < 1.29 is 13.3 Å². The van der Waals surface area contributed by atoms with Gasteiger partial charge in [0.2, 0.25) is 10.0 Å². The van der Waals surface area contributed by atoms with E-state index in [1.54, 1.807) is 0 Å². The van der Waals surface area contributed by atoms with Crippen molar-refractivity contribution in [1.29, 1.82) is 0 Å². The highest BCUT2D eigenvalue weighted by Gasteiger charge is 2.29. The van der Waals surface area contributed by atoms with Crippen LogP contribution in [-0.4, -0.2) is 25.9 Å². The topological polar surface area (TPSA) is 107 Å². The monoisotopic (exact) mass is 389 g/mol. The first-order valence-electron chi connectivity index (χ1n) is 8.98. The van der Waals surface area contributed by atoms with E-state index in [-0.39, 0.29) is 16.6 Å². The average Bonchev–Trinajstić information content (AvgIpc) is 2.66. The summed E-state index contributed by atoms with van der Waals surface area (Å²) < 4.78 is 23.1. The molecule has 2 N–H and O–H groups in total. The molecule has 1 saturated heterocycles. The molecule has 1 atom stereocenters. The van der Waals surface area contributed by atoms with Crippen LogP contribution in [0.4, 0.5) is 11.4 Å². The molecule has 3 rings (SSSR count). The van der Waals surface area contributed by atoms with Crippen molar-refractivity contribution >= 4 is 21.4 Å². The zero-order chi connectivity index (χ0) is 19.4. The molecule has 2 aromatic carbocycles. The van der Waals surface area contributed by atoms with Gasteiger partial charge in [0.15, 0.2) is 0 Å². The molecule has 1 unspecified atom stereocenters. The molecule has 1 fully saturated rings. The van der Waals surface area contributed by atoms with Gasteiger partial charge in [-0.15, -0.1) is 0 Å². The molecule has 27 heavy (non-hydrogen) atoms. The van der Waals surface area contributed by atoms with Crippen LogP contribution in [0.25, 0.3) is 0 Å². The zero-order valence-corrected chi connectivity index (χ0v) is 15.8. The van der Waals surface area contributed by atoms with E-state index in [1.165, 1.54) is 17.7 Å². The zero-order valence-electron chi connectivity index (χ0n) is 15.0. The van der Waals surface area contributed by atoms with E-state index in [0.29, 0.717) is 5.69 Å². The van der Waals surface area contributed by atoms with Crippen molar-refractivity contribution in [1.82, 2.24) is 0 Å². The maximum Gasteiger partial charge on any atom is 0.293 e. The van der Waals surface area contributed by atoms with Gasteiger partial charge in [0.25, 0.3) is 5.69 Å². The Balaban J connectivity index is 1.88. The molecular weight excluding hydrogens is 366 g/mol. The average molecular weight is 389 g/mol. The first-order valence-corrected chi connectivity index (χ1v) is 10.5. The molecule has 1 aliphatic heterocycles. The fourth-order valence-corrected chi connectivity index (χ4v) is 4.20. The van der Waals surface area contributed by atoms with Gasteiger partial charge in [-0.2, -0.15) is 0 Å². The van der Waals surface area contributed by atoms with Crippen LogP contribution in [0, 0.1) is 10.1 Å². The summed E-state index contributed by atoms with van der Waals surface area (Å²) >= 11 is 0. The molecule has 8 heteroatoms. The fraction of sp³-hybridized carbons (Fsp3) is 0.368. The number of rotatable bonds is 6. The van der Waals surface area contributed by atoms with E-state index in [1.807, 2.05) is 18.2 Å². The first kappa shape index (κ1) is 19.3. The van der Waals surface area contributed by atoms with Crippen LogP contribution in [0.5, 0.6) is 0 Å². The summed E-state index contributed by atoms with van der Waals surface area (Å²) in [6, 6.07) is 14.3. The summed E-state index contributed by atoms with van der Waals surface area (Å²) in [5.74, 6) is 0. The number of aryl methyl sites for hydroxylation is 1. The molecule has 2 aromatic rings. The number of piperidine rings is 1. The van der Waals surface area contributed by atoms with E-state index in [9.17, 15) is 18.5 Å². The minimum atomic E-state index is -3.99. The second kappa shape index (κ2) is 8.06. The van der Waals surface area contributed by atoms with Crippen molar-refractivity contribution in [3.63, 3.8) is 0 Å². The maximum absolute atomic E-state index is 11.6. The van der Waals surface area contributed by atoms with Gasteiger partial charge < -0.3 is 4.90 Å². The third kappa shape index (κ3) is 4.64. The van der Waals surface area contributed by atoms with E-state index in [0.717, 1.165) is 44.7 Å². The summed E-state index contributed by atoms with van der Waals surface area (Å²) in [6.07, 6.45) is 4.78. The Bertz CT molecular complexity index is 916. The van der Waals surface area contributed by atoms with Crippen molar-refractivity contribution in [3.05, 3.63) is 64.2 Å². The Labute approximate surface area is 159 Å². The Kier molecular flexibility index (Phi) is 5.76. The normalized spacial score (nSPS) is 17.7. The summed E-state index contributed by atoms with van der Waals surface area (Å²) in [5.41, 5.74) is 1.49. The van der Waals surface area contributed by atoms with Crippen LogP contribution in [0.15, 0.2) is 53.4 Å². The summed E-state index contributed by atoms with van der Waals surface area (Å²) in [6.45, 7) is 0.717. The van der Waals surface area contributed by atoms with Gasteiger partial charge in [0.05, 0.1) is 9.82 Å². The van der Waals surface area contributed by atoms with E-state index in [2.05, 4.69) is 17.0 Å². The fourth-order valence-electron chi connectivity index (χ4n) is 3.67. The van der Waals surface area contributed by atoms with Gasteiger partial charge in [-0.3, -0.25) is 10.1 Å². The maximum atomic E-state index is 11.6. The number of hydrogen-bond acceptors (Lipinski definition) is 5. The first-order chi connectivity index (χ1) is 12.9. The SMILES string of the molecule is NS(=O)(=O)c1ccc(N2CCCCC2CCc2ccccc2)c([N+](=O)[O-])c1. The predicted molar refractivity (Wildman–Crippen MR) is 104 cm³/mol. The molecule has 0 amide bonds. The third-order valence-electron chi connectivity index (χ3n) is 5.02. The number of nitrogens with two attached hydrogens (primary N) is 1. The highest BCUT2D eigenvalue weighted by molar-refractivity contribution is 7.89. The highest BCUT2D eigenvalue weighted by Crippen LogP contribution is 2.35. The molecule has 0 aliphatic carbocycles. The van der Waals surface area contributed by atoms with Crippen molar-refractivity contribution in [2.45, 2.75) is 43.0 Å². The van der Waals surface area contributed by atoms with Crippen molar-refractivity contribution in [3.8, 4) is 0 Å². The molecular formula is C19H23N3O4S. The lowest BCUT2D eigenvalue weighted by molar-refractivity contribution is -0.384. The van der Waals surface area contributed by atoms with Crippen LogP contribution >= 0.6 is 0 Å². The van der Waals surface area contributed by atoms with Crippen molar-refractivity contribution in [2.75, 3.05) is 11.4 Å². The van der Waals surface area contributed by atoms with Gasteiger partial charge in [-0.05, 0) is 49.8 Å². The molecule has 1 heterocycles. The molecule has 1 aliphatic rings. The number of nitrogens with zero attached hydrogens (tertiary/aromatic N) is 2. The van der Waals surface area contributed by atoms with E-state index < -0.39 is 14.9 Å². The van der Waals surface area contributed by atoms with Gasteiger partial charge in [-0.25, -0.2) is 13.6 Å². The molecule has 0 aromatic heterocycles. The second-order valence-electron chi connectivity index (χ2n) is 6.82. The Hall–Kier alpha value is -2.45. The minimum Gasteiger partial charge on any atom is -0.363 e. The molecule has 7 nitrogen and oxygen atoms in total. The lowest BCUT2D eigenvalue weighted by Crippen LogP contribution is -2.40. The Morgan fingerprint density at radius 3 is 2.56 bits per heavy atom. The van der Waals surface area contributed by atoms with Gasteiger partial charge in [-0.1, -0.05) is 30.3 Å². The molecule has 0 spiro atoms. The van der Waals surface area contributed by atoms with Crippen molar-refractivity contribution in [2.24, 2.45) is 5.14 Å².